The lowest BCUT2D eigenvalue weighted by molar-refractivity contribution is 0.175. The summed E-state index contributed by atoms with van der Waals surface area (Å²) < 4.78 is 14.6. The Kier molecular flexibility index (Phi) is 4.07. The van der Waals surface area contributed by atoms with Crippen molar-refractivity contribution in [2.75, 3.05) is 13.1 Å². The Morgan fingerprint density at radius 2 is 2.12 bits per heavy atom. The third kappa shape index (κ3) is 3.06. The summed E-state index contributed by atoms with van der Waals surface area (Å²) in [7, 11) is 0. The maximum Gasteiger partial charge on any atom is 0.138 e. The molecule has 1 aliphatic rings. The van der Waals surface area contributed by atoms with E-state index in [-0.39, 0.29) is 5.82 Å². The maximum absolute atomic E-state index is 14.6. The minimum atomic E-state index is -0.147. The summed E-state index contributed by atoms with van der Waals surface area (Å²) >= 11 is 0. The first-order valence-corrected chi connectivity index (χ1v) is 8.65. The molecule has 2 heterocycles. The van der Waals surface area contributed by atoms with Crippen molar-refractivity contribution in [1.29, 1.82) is 0 Å². The molecule has 1 atom stereocenters. The number of fused-ring (bicyclic) bond motifs is 1. The second-order valence-corrected chi connectivity index (χ2v) is 6.89. The van der Waals surface area contributed by atoms with Crippen LogP contribution in [-0.4, -0.2) is 28.0 Å². The third-order valence-electron chi connectivity index (χ3n) is 4.85. The summed E-state index contributed by atoms with van der Waals surface area (Å²) in [6.07, 6.45) is 2.49. The van der Waals surface area contributed by atoms with E-state index in [4.69, 9.17) is 0 Å². The molecule has 1 saturated heterocycles. The number of hydrogen-bond donors (Lipinski definition) is 1. The Balaban J connectivity index is 1.57. The first-order chi connectivity index (χ1) is 11.7. The zero-order valence-corrected chi connectivity index (χ0v) is 13.9. The highest BCUT2D eigenvalue weighted by Gasteiger charge is 2.18. The van der Waals surface area contributed by atoms with Crippen molar-refractivity contribution in [3.05, 3.63) is 53.8 Å². The maximum atomic E-state index is 14.6. The zero-order chi connectivity index (χ0) is 16.5. The number of halogens is 1. The van der Waals surface area contributed by atoms with E-state index >= 15 is 0 Å². The average Bonchev–Trinajstić information content (AvgIpc) is 3.01. The highest BCUT2D eigenvalue weighted by atomic mass is 19.1. The number of H-pyrrole nitrogens is 1. The number of aromatic nitrogens is 2. The molecule has 0 saturated carbocycles. The van der Waals surface area contributed by atoms with Crippen LogP contribution >= 0.6 is 0 Å². The summed E-state index contributed by atoms with van der Waals surface area (Å²) in [4.78, 5) is 10.2. The van der Waals surface area contributed by atoms with Gasteiger partial charge in [0.1, 0.15) is 11.6 Å². The van der Waals surface area contributed by atoms with Gasteiger partial charge in [0.25, 0.3) is 0 Å². The highest BCUT2D eigenvalue weighted by molar-refractivity contribution is 5.79. The van der Waals surface area contributed by atoms with Crippen LogP contribution in [-0.2, 0) is 6.54 Å². The van der Waals surface area contributed by atoms with Gasteiger partial charge in [0.15, 0.2) is 0 Å². The molecule has 1 fully saturated rings. The summed E-state index contributed by atoms with van der Waals surface area (Å²) in [6, 6.07) is 13.3. The van der Waals surface area contributed by atoms with Crippen LogP contribution in [0.3, 0.4) is 0 Å². The predicted molar refractivity (Wildman–Crippen MR) is 95.2 cm³/mol. The number of aromatic amines is 1. The molecule has 0 aliphatic carbocycles. The van der Waals surface area contributed by atoms with Gasteiger partial charge in [-0.15, -0.1) is 0 Å². The van der Waals surface area contributed by atoms with E-state index in [2.05, 4.69) is 21.8 Å². The number of piperidine rings is 1. The van der Waals surface area contributed by atoms with E-state index in [1.165, 1.54) is 12.8 Å². The summed E-state index contributed by atoms with van der Waals surface area (Å²) in [5, 5.41) is 0. The van der Waals surface area contributed by atoms with E-state index in [1.54, 1.807) is 6.07 Å². The SMILES string of the molecule is CC1CCCN(Cc2ccc(-c3nc4ccccc4[nH]3)cc2F)C1. The van der Waals surface area contributed by atoms with E-state index in [9.17, 15) is 4.39 Å². The minimum absolute atomic E-state index is 0.147. The lowest BCUT2D eigenvalue weighted by Gasteiger charge is -2.30. The van der Waals surface area contributed by atoms with Gasteiger partial charge >= 0.3 is 0 Å². The Morgan fingerprint density at radius 1 is 1.25 bits per heavy atom. The Morgan fingerprint density at radius 3 is 2.92 bits per heavy atom. The van der Waals surface area contributed by atoms with E-state index < -0.39 is 0 Å². The zero-order valence-electron chi connectivity index (χ0n) is 13.9. The summed E-state index contributed by atoms with van der Waals surface area (Å²) in [5.41, 5.74) is 3.43. The number of nitrogens with zero attached hydrogens (tertiary/aromatic N) is 2. The molecule has 1 aliphatic heterocycles. The fraction of sp³-hybridized carbons (Fsp3) is 0.350. The molecule has 1 unspecified atom stereocenters. The fourth-order valence-corrected chi connectivity index (χ4v) is 3.58. The van der Waals surface area contributed by atoms with Crippen LogP contribution in [0.15, 0.2) is 42.5 Å². The first kappa shape index (κ1) is 15.3. The van der Waals surface area contributed by atoms with E-state index in [1.807, 2.05) is 36.4 Å². The normalized spacial score (nSPS) is 19.0. The number of imidazole rings is 1. The number of para-hydroxylation sites is 2. The molecular formula is C20H22FN3. The molecule has 4 heteroatoms. The Hall–Kier alpha value is -2.20. The van der Waals surface area contributed by atoms with E-state index in [0.29, 0.717) is 18.3 Å². The molecule has 124 valence electrons. The highest BCUT2D eigenvalue weighted by Crippen LogP contribution is 2.24. The molecule has 0 amide bonds. The van der Waals surface area contributed by atoms with Gasteiger partial charge in [-0.05, 0) is 43.5 Å². The molecular weight excluding hydrogens is 301 g/mol. The van der Waals surface area contributed by atoms with E-state index in [0.717, 1.165) is 35.2 Å². The minimum Gasteiger partial charge on any atom is -0.338 e. The topological polar surface area (TPSA) is 31.9 Å². The molecule has 1 N–H and O–H groups in total. The van der Waals surface area contributed by atoms with Gasteiger partial charge in [-0.2, -0.15) is 0 Å². The molecule has 1 aromatic heterocycles. The van der Waals surface area contributed by atoms with Gasteiger partial charge in [-0.25, -0.2) is 9.37 Å². The monoisotopic (exact) mass is 323 g/mol. The van der Waals surface area contributed by atoms with Crippen molar-refractivity contribution < 1.29 is 4.39 Å². The molecule has 0 spiro atoms. The van der Waals surface area contributed by atoms with Crippen LogP contribution in [0.25, 0.3) is 22.4 Å². The standard InChI is InChI=1S/C20H22FN3/c1-14-5-4-10-24(12-14)13-16-9-8-15(11-17(16)21)20-22-18-6-2-3-7-19(18)23-20/h2-3,6-9,11,14H,4-5,10,12-13H2,1H3,(H,22,23). The van der Waals surface area contributed by atoms with Crippen molar-refractivity contribution in [3.63, 3.8) is 0 Å². The van der Waals surface area contributed by atoms with Crippen LogP contribution < -0.4 is 0 Å². The fourth-order valence-electron chi connectivity index (χ4n) is 3.58. The number of rotatable bonds is 3. The van der Waals surface area contributed by atoms with Crippen LogP contribution in [0.4, 0.5) is 4.39 Å². The molecule has 0 bridgehead atoms. The number of likely N-dealkylation sites (tertiary alicyclic amines) is 1. The number of benzene rings is 2. The third-order valence-corrected chi connectivity index (χ3v) is 4.85. The van der Waals surface area contributed by atoms with Crippen molar-refractivity contribution in [2.45, 2.75) is 26.3 Å². The molecule has 0 radical (unpaired) electrons. The van der Waals surface area contributed by atoms with Gasteiger partial charge in [0, 0.05) is 24.2 Å². The lowest BCUT2D eigenvalue weighted by atomic mass is 9.99. The smallest absolute Gasteiger partial charge is 0.138 e. The second-order valence-electron chi connectivity index (χ2n) is 6.89. The van der Waals surface area contributed by atoms with Gasteiger partial charge in [-0.1, -0.05) is 31.2 Å². The predicted octanol–water partition coefficient (Wildman–Crippen LogP) is 4.60. The second kappa shape index (κ2) is 6.36. The Labute approximate surface area is 141 Å². The van der Waals surface area contributed by atoms with Gasteiger partial charge in [0.2, 0.25) is 0 Å². The van der Waals surface area contributed by atoms with Gasteiger partial charge in [0.05, 0.1) is 11.0 Å². The van der Waals surface area contributed by atoms with Crippen molar-refractivity contribution >= 4 is 11.0 Å². The van der Waals surface area contributed by atoms with Crippen molar-refractivity contribution in [1.82, 2.24) is 14.9 Å². The van der Waals surface area contributed by atoms with Crippen LogP contribution in [0, 0.1) is 11.7 Å². The van der Waals surface area contributed by atoms with Crippen LogP contribution in [0.1, 0.15) is 25.3 Å². The van der Waals surface area contributed by atoms with Crippen molar-refractivity contribution in [2.24, 2.45) is 5.92 Å². The van der Waals surface area contributed by atoms with Gasteiger partial charge < -0.3 is 4.98 Å². The summed E-state index contributed by atoms with van der Waals surface area (Å²) in [5.74, 6) is 1.27. The van der Waals surface area contributed by atoms with Crippen molar-refractivity contribution in [3.8, 4) is 11.4 Å². The number of nitrogens with one attached hydrogen (secondary N) is 1. The summed E-state index contributed by atoms with van der Waals surface area (Å²) in [6.45, 7) is 5.09. The molecule has 24 heavy (non-hydrogen) atoms. The molecule has 3 aromatic rings. The lowest BCUT2D eigenvalue weighted by Crippen LogP contribution is -2.33. The molecule has 2 aromatic carbocycles. The first-order valence-electron chi connectivity index (χ1n) is 8.65. The van der Waals surface area contributed by atoms with Crippen LogP contribution in [0.2, 0.25) is 0 Å². The van der Waals surface area contributed by atoms with Crippen LogP contribution in [0.5, 0.6) is 0 Å². The Bertz CT molecular complexity index is 822. The molecule has 3 nitrogen and oxygen atoms in total. The van der Waals surface area contributed by atoms with Gasteiger partial charge in [-0.3, -0.25) is 4.90 Å². The largest absolute Gasteiger partial charge is 0.338 e. The molecule has 4 rings (SSSR count). The average molecular weight is 323 g/mol. The quantitative estimate of drug-likeness (QED) is 0.764. The number of hydrogen-bond acceptors (Lipinski definition) is 2.